The van der Waals surface area contributed by atoms with Crippen molar-refractivity contribution in [1.82, 2.24) is 5.32 Å². The quantitative estimate of drug-likeness (QED) is 0.772. The highest BCUT2D eigenvalue weighted by Crippen LogP contribution is 2.66. The number of hydrogen-bond acceptors (Lipinski definition) is 2. The molecule has 0 radical (unpaired) electrons. The largest absolute Gasteiger partial charge is 0.481 e. The van der Waals surface area contributed by atoms with E-state index in [-0.39, 0.29) is 22.7 Å². The predicted molar refractivity (Wildman–Crippen MR) is 91.2 cm³/mol. The maximum absolute atomic E-state index is 11.9. The monoisotopic (exact) mass is 333 g/mol. The van der Waals surface area contributed by atoms with Crippen LogP contribution in [0.25, 0.3) is 0 Å². The zero-order valence-corrected chi connectivity index (χ0v) is 15.2. The third-order valence-corrected chi connectivity index (χ3v) is 8.76. The van der Waals surface area contributed by atoms with Crippen LogP contribution in [0.1, 0.15) is 65.7 Å². The molecule has 0 aromatic carbocycles. The van der Waals surface area contributed by atoms with Crippen molar-refractivity contribution in [2.75, 3.05) is 0 Å². The van der Waals surface area contributed by atoms with Gasteiger partial charge in [0.15, 0.2) is 0 Å². The lowest BCUT2D eigenvalue weighted by molar-refractivity contribution is -0.156. The minimum absolute atomic E-state index is 0.0254. The summed E-state index contributed by atoms with van der Waals surface area (Å²) < 4.78 is 0. The lowest BCUT2D eigenvalue weighted by Gasteiger charge is -2.62. The highest BCUT2D eigenvalue weighted by molar-refractivity contribution is 5.77. The summed E-state index contributed by atoms with van der Waals surface area (Å²) in [5, 5.41) is 13.0. The van der Waals surface area contributed by atoms with Gasteiger partial charge in [-0.25, -0.2) is 0 Å². The van der Waals surface area contributed by atoms with Crippen LogP contribution in [-0.4, -0.2) is 23.0 Å². The first-order chi connectivity index (χ1) is 11.3. The molecule has 2 N–H and O–H groups in total. The van der Waals surface area contributed by atoms with Crippen LogP contribution < -0.4 is 5.32 Å². The molecule has 1 amide bonds. The lowest BCUT2D eigenvalue weighted by Crippen LogP contribution is -2.63. The second-order valence-corrected chi connectivity index (χ2v) is 9.64. The van der Waals surface area contributed by atoms with Crippen molar-refractivity contribution in [3.63, 3.8) is 0 Å². The minimum Gasteiger partial charge on any atom is -0.481 e. The molecule has 4 fully saturated rings. The van der Waals surface area contributed by atoms with Crippen molar-refractivity contribution in [1.29, 1.82) is 0 Å². The molecule has 0 spiro atoms. The fourth-order valence-electron chi connectivity index (χ4n) is 7.45. The standard InChI is InChI=1S/C20H31NO3/c1-11-10-15-20(3,9-7-16(22)21-15)13-6-8-19(2)12(17(11)13)4-5-14(19)18(23)24/h11-15,17H,4-10H2,1-3H3,(H,21,22)(H,23,24)/t11-,12-,13-,14+,15?,17-,19-,20+/m0/s1. The van der Waals surface area contributed by atoms with Crippen molar-refractivity contribution in [2.45, 2.75) is 71.8 Å². The fourth-order valence-corrected chi connectivity index (χ4v) is 7.45. The number of aliphatic carboxylic acids is 1. The van der Waals surface area contributed by atoms with Gasteiger partial charge in [-0.1, -0.05) is 20.8 Å². The molecule has 0 aromatic rings. The number of hydrogen-bond donors (Lipinski definition) is 2. The average molecular weight is 333 g/mol. The third-order valence-electron chi connectivity index (χ3n) is 8.76. The van der Waals surface area contributed by atoms with Gasteiger partial charge in [0.1, 0.15) is 0 Å². The van der Waals surface area contributed by atoms with E-state index in [1.807, 2.05) is 0 Å². The van der Waals surface area contributed by atoms with E-state index in [0.29, 0.717) is 36.1 Å². The molecule has 0 aromatic heterocycles. The third kappa shape index (κ3) is 2.04. The summed E-state index contributed by atoms with van der Waals surface area (Å²) in [6.07, 6.45) is 6.82. The van der Waals surface area contributed by atoms with Gasteiger partial charge in [0.2, 0.25) is 5.91 Å². The van der Waals surface area contributed by atoms with Crippen molar-refractivity contribution in [3.8, 4) is 0 Å². The Hall–Kier alpha value is -1.06. The predicted octanol–water partition coefficient (Wildman–Crippen LogP) is 3.45. The summed E-state index contributed by atoms with van der Waals surface area (Å²) in [6.45, 7) is 6.99. The van der Waals surface area contributed by atoms with Crippen LogP contribution in [0.3, 0.4) is 0 Å². The Balaban J connectivity index is 1.67. The van der Waals surface area contributed by atoms with Crippen molar-refractivity contribution < 1.29 is 14.7 Å². The minimum atomic E-state index is -0.587. The van der Waals surface area contributed by atoms with Crippen molar-refractivity contribution >= 4 is 11.9 Å². The van der Waals surface area contributed by atoms with Gasteiger partial charge in [-0.2, -0.15) is 0 Å². The SMILES string of the molecule is C[C@H]1CC2NC(=O)CC[C@]2(C)[C@H]2CC[C@]3(C)[C@@H](C(=O)O)CC[C@H]3[C@H]12. The van der Waals surface area contributed by atoms with Gasteiger partial charge >= 0.3 is 5.97 Å². The number of carboxylic acid groups (broad SMARTS) is 1. The number of amides is 1. The number of rotatable bonds is 1. The van der Waals surface area contributed by atoms with Gasteiger partial charge in [-0.05, 0) is 73.0 Å². The molecule has 4 aliphatic rings. The average Bonchev–Trinajstić information content (AvgIpc) is 2.86. The topological polar surface area (TPSA) is 66.4 Å². The Labute approximate surface area is 144 Å². The van der Waals surface area contributed by atoms with E-state index in [2.05, 4.69) is 26.1 Å². The first-order valence-electron chi connectivity index (χ1n) is 9.79. The lowest BCUT2D eigenvalue weighted by atomic mass is 9.45. The van der Waals surface area contributed by atoms with Crippen LogP contribution in [0, 0.1) is 40.4 Å². The Morgan fingerprint density at radius 1 is 1.12 bits per heavy atom. The molecule has 8 atom stereocenters. The maximum Gasteiger partial charge on any atom is 0.307 e. The number of carboxylic acids is 1. The van der Waals surface area contributed by atoms with Crippen LogP contribution in [0.2, 0.25) is 0 Å². The van der Waals surface area contributed by atoms with Crippen LogP contribution in [-0.2, 0) is 9.59 Å². The van der Waals surface area contributed by atoms with E-state index in [1.165, 1.54) is 0 Å². The molecule has 134 valence electrons. The first-order valence-corrected chi connectivity index (χ1v) is 9.79. The molecule has 1 aliphatic heterocycles. The molecule has 1 saturated heterocycles. The van der Waals surface area contributed by atoms with Crippen LogP contribution in [0.15, 0.2) is 0 Å². The summed E-state index contributed by atoms with van der Waals surface area (Å²) in [7, 11) is 0. The second kappa shape index (κ2) is 5.22. The van der Waals surface area contributed by atoms with Crippen molar-refractivity contribution in [3.05, 3.63) is 0 Å². The Kier molecular flexibility index (Phi) is 3.57. The number of nitrogens with one attached hydrogen (secondary N) is 1. The van der Waals surface area contributed by atoms with Crippen LogP contribution in [0.4, 0.5) is 0 Å². The van der Waals surface area contributed by atoms with E-state index in [1.54, 1.807) is 0 Å². The fraction of sp³-hybridized carbons (Fsp3) is 0.900. The molecular formula is C20H31NO3. The molecule has 3 aliphatic carbocycles. The summed E-state index contributed by atoms with van der Waals surface area (Å²) in [5.74, 6) is 1.85. The zero-order valence-electron chi connectivity index (χ0n) is 15.2. The van der Waals surface area contributed by atoms with Gasteiger partial charge < -0.3 is 10.4 Å². The number of fused-ring (bicyclic) bond motifs is 5. The second-order valence-electron chi connectivity index (χ2n) is 9.64. The van der Waals surface area contributed by atoms with E-state index in [0.717, 1.165) is 38.5 Å². The molecule has 1 heterocycles. The Bertz CT molecular complexity index is 575. The summed E-state index contributed by atoms with van der Waals surface area (Å²) in [6, 6.07) is 0.316. The first kappa shape index (κ1) is 16.4. The molecule has 1 unspecified atom stereocenters. The molecule has 4 rings (SSSR count). The number of piperidine rings is 1. The highest BCUT2D eigenvalue weighted by atomic mass is 16.4. The van der Waals surface area contributed by atoms with Gasteiger partial charge in [0.25, 0.3) is 0 Å². The summed E-state index contributed by atoms with van der Waals surface area (Å²) in [5.41, 5.74) is 0.177. The smallest absolute Gasteiger partial charge is 0.307 e. The van der Waals surface area contributed by atoms with Gasteiger partial charge in [-0.3, -0.25) is 9.59 Å². The molecule has 3 saturated carbocycles. The van der Waals surface area contributed by atoms with Crippen molar-refractivity contribution in [2.24, 2.45) is 40.4 Å². The van der Waals surface area contributed by atoms with Crippen LogP contribution >= 0.6 is 0 Å². The van der Waals surface area contributed by atoms with E-state index >= 15 is 0 Å². The highest BCUT2D eigenvalue weighted by Gasteiger charge is 2.63. The molecule has 24 heavy (non-hydrogen) atoms. The van der Waals surface area contributed by atoms with Crippen LogP contribution in [0.5, 0.6) is 0 Å². The molecule has 4 nitrogen and oxygen atoms in total. The molecular weight excluding hydrogens is 302 g/mol. The summed E-state index contributed by atoms with van der Waals surface area (Å²) >= 11 is 0. The molecule has 4 heteroatoms. The van der Waals surface area contributed by atoms with Gasteiger partial charge in [0.05, 0.1) is 5.92 Å². The van der Waals surface area contributed by atoms with E-state index in [9.17, 15) is 14.7 Å². The Morgan fingerprint density at radius 3 is 2.54 bits per heavy atom. The zero-order chi connectivity index (χ0) is 17.3. The Morgan fingerprint density at radius 2 is 1.83 bits per heavy atom. The normalized spacial score (nSPS) is 53.5. The van der Waals surface area contributed by atoms with E-state index in [4.69, 9.17) is 0 Å². The van der Waals surface area contributed by atoms with Gasteiger partial charge in [0, 0.05) is 12.5 Å². The number of carbonyl (C=O) groups excluding carboxylic acids is 1. The maximum atomic E-state index is 11.9. The number of carbonyl (C=O) groups is 2. The van der Waals surface area contributed by atoms with E-state index < -0.39 is 5.97 Å². The summed E-state index contributed by atoms with van der Waals surface area (Å²) in [4.78, 5) is 23.7. The molecule has 0 bridgehead atoms. The van der Waals surface area contributed by atoms with Gasteiger partial charge in [-0.15, -0.1) is 0 Å².